The highest BCUT2D eigenvalue weighted by atomic mass is 16.6. The number of ether oxygens (including phenoxy) is 6. The third kappa shape index (κ3) is 22.5. The Morgan fingerprint density at radius 1 is 0.571 bits per heavy atom. The number of carbonyl (C=O) groups excluding carboxylic acids is 1. The van der Waals surface area contributed by atoms with E-state index in [4.69, 9.17) is 28.4 Å². The molecule has 1 aromatic carbocycles. The van der Waals surface area contributed by atoms with Gasteiger partial charge in [0.15, 0.2) is 0 Å². The molecule has 0 aromatic heterocycles. The first-order valence-electron chi connectivity index (χ1n) is 13.5. The maximum absolute atomic E-state index is 11.7. The van der Waals surface area contributed by atoms with Crippen molar-refractivity contribution in [2.45, 2.75) is 71.1 Å². The van der Waals surface area contributed by atoms with Crippen LogP contribution in [-0.4, -0.2) is 72.0 Å². The molecule has 0 saturated heterocycles. The number of hydrogen-bond acceptors (Lipinski definition) is 7. The lowest BCUT2D eigenvalue weighted by molar-refractivity contribution is -0.145. The van der Waals surface area contributed by atoms with Gasteiger partial charge in [0.05, 0.1) is 52.9 Å². The number of esters is 1. The second kappa shape index (κ2) is 25.4. The van der Waals surface area contributed by atoms with E-state index < -0.39 is 0 Å². The summed E-state index contributed by atoms with van der Waals surface area (Å²) in [7, 11) is 0. The Morgan fingerprint density at radius 3 is 1.57 bits per heavy atom. The van der Waals surface area contributed by atoms with Gasteiger partial charge in [-0.25, -0.2) is 0 Å². The Morgan fingerprint density at radius 2 is 1.03 bits per heavy atom. The zero-order valence-corrected chi connectivity index (χ0v) is 21.9. The SMILES string of the molecule is CCCCCCCCCCCC(=O)OCCOCCOCCOCCOCCOc1ccccc1. The van der Waals surface area contributed by atoms with Gasteiger partial charge in [0.1, 0.15) is 19.0 Å². The molecule has 0 radical (unpaired) electrons. The zero-order valence-electron chi connectivity index (χ0n) is 21.9. The molecule has 0 aliphatic heterocycles. The molecule has 1 aromatic rings. The third-order valence-corrected chi connectivity index (χ3v) is 5.33. The van der Waals surface area contributed by atoms with Crippen LogP contribution in [0.4, 0.5) is 0 Å². The second-order valence-corrected chi connectivity index (χ2v) is 8.41. The number of para-hydroxylation sites is 1. The van der Waals surface area contributed by atoms with Gasteiger partial charge >= 0.3 is 5.97 Å². The molecule has 0 spiro atoms. The van der Waals surface area contributed by atoms with E-state index in [1.807, 2.05) is 30.3 Å². The van der Waals surface area contributed by atoms with E-state index in [0.717, 1.165) is 18.6 Å². The largest absolute Gasteiger partial charge is 0.491 e. The average molecular weight is 497 g/mol. The molecule has 35 heavy (non-hydrogen) atoms. The van der Waals surface area contributed by atoms with Crippen molar-refractivity contribution in [2.24, 2.45) is 0 Å². The van der Waals surface area contributed by atoms with E-state index in [2.05, 4.69) is 6.92 Å². The summed E-state index contributed by atoms with van der Waals surface area (Å²) in [5, 5.41) is 0. The van der Waals surface area contributed by atoms with Crippen molar-refractivity contribution in [1.29, 1.82) is 0 Å². The van der Waals surface area contributed by atoms with E-state index in [0.29, 0.717) is 72.5 Å². The molecule has 0 amide bonds. The third-order valence-electron chi connectivity index (χ3n) is 5.33. The first kappa shape index (κ1) is 31.4. The van der Waals surface area contributed by atoms with Gasteiger partial charge in [0, 0.05) is 6.42 Å². The lowest BCUT2D eigenvalue weighted by Gasteiger charge is -2.08. The summed E-state index contributed by atoms with van der Waals surface area (Å²) < 4.78 is 32.5. The van der Waals surface area contributed by atoms with Crippen LogP contribution in [0.3, 0.4) is 0 Å². The molecule has 7 nitrogen and oxygen atoms in total. The predicted molar refractivity (Wildman–Crippen MR) is 138 cm³/mol. The first-order chi connectivity index (χ1) is 17.3. The fourth-order valence-corrected chi connectivity index (χ4v) is 3.36. The maximum Gasteiger partial charge on any atom is 0.305 e. The van der Waals surface area contributed by atoms with Crippen LogP contribution >= 0.6 is 0 Å². The lowest BCUT2D eigenvalue weighted by atomic mass is 10.1. The van der Waals surface area contributed by atoms with Gasteiger partial charge in [0.2, 0.25) is 0 Å². The van der Waals surface area contributed by atoms with Gasteiger partial charge in [0.25, 0.3) is 0 Å². The van der Waals surface area contributed by atoms with Crippen LogP contribution in [0.2, 0.25) is 0 Å². The maximum atomic E-state index is 11.7. The molecular weight excluding hydrogens is 448 g/mol. The molecule has 0 saturated carbocycles. The van der Waals surface area contributed by atoms with Crippen LogP contribution < -0.4 is 4.74 Å². The van der Waals surface area contributed by atoms with Crippen LogP contribution in [0.1, 0.15) is 71.1 Å². The summed E-state index contributed by atoms with van der Waals surface area (Å²) in [6.45, 7) is 7.02. The van der Waals surface area contributed by atoms with E-state index in [9.17, 15) is 4.79 Å². The van der Waals surface area contributed by atoms with Crippen LogP contribution in [0.25, 0.3) is 0 Å². The van der Waals surface area contributed by atoms with Crippen LogP contribution in [0.5, 0.6) is 5.75 Å². The lowest BCUT2D eigenvalue weighted by Crippen LogP contribution is -2.15. The van der Waals surface area contributed by atoms with Crippen LogP contribution in [0, 0.1) is 0 Å². The van der Waals surface area contributed by atoms with E-state index in [1.165, 1.54) is 44.9 Å². The number of hydrogen-bond donors (Lipinski definition) is 0. The highest BCUT2D eigenvalue weighted by Gasteiger charge is 2.02. The van der Waals surface area contributed by atoms with Crippen molar-refractivity contribution in [3.05, 3.63) is 30.3 Å². The molecule has 0 fully saturated rings. The number of unbranched alkanes of at least 4 members (excludes halogenated alkanes) is 8. The minimum atomic E-state index is -0.127. The molecule has 0 N–H and O–H groups in total. The standard InChI is InChI=1S/C28H48O7/c1-2-3-4-5-6-7-8-9-13-16-28(29)35-26-24-33-22-20-31-18-17-30-19-21-32-23-25-34-27-14-11-10-12-15-27/h10-12,14-15H,2-9,13,16-26H2,1H3. The summed E-state index contributed by atoms with van der Waals surface area (Å²) in [5.74, 6) is 0.719. The molecule has 202 valence electrons. The number of rotatable bonds is 26. The molecule has 0 bridgehead atoms. The summed E-state index contributed by atoms with van der Waals surface area (Å²) in [6, 6.07) is 9.67. The molecule has 7 heteroatoms. The minimum Gasteiger partial charge on any atom is -0.491 e. The Hall–Kier alpha value is -1.67. The quantitative estimate of drug-likeness (QED) is 0.122. The van der Waals surface area contributed by atoms with Gasteiger partial charge in [-0.3, -0.25) is 4.79 Å². The molecule has 1 rings (SSSR count). The molecule has 0 aliphatic carbocycles. The van der Waals surface area contributed by atoms with Gasteiger partial charge in [-0.15, -0.1) is 0 Å². The normalized spacial score (nSPS) is 11.0. The van der Waals surface area contributed by atoms with Crippen LogP contribution in [-0.2, 0) is 28.5 Å². The summed E-state index contributed by atoms with van der Waals surface area (Å²) >= 11 is 0. The monoisotopic (exact) mass is 496 g/mol. The van der Waals surface area contributed by atoms with Crippen molar-refractivity contribution in [2.75, 3.05) is 66.1 Å². The molecule has 0 atom stereocenters. The topological polar surface area (TPSA) is 72.5 Å². The number of benzene rings is 1. The minimum absolute atomic E-state index is 0.127. The van der Waals surface area contributed by atoms with Crippen molar-refractivity contribution in [1.82, 2.24) is 0 Å². The molecule has 0 heterocycles. The highest BCUT2D eigenvalue weighted by Crippen LogP contribution is 2.11. The van der Waals surface area contributed by atoms with Crippen molar-refractivity contribution >= 4 is 5.97 Å². The summed E-state index contributed by atoms with van der Waals surface area (Å²) in [5.41, 5.74) is 0. The Labute approximate surface area is 212 Å². The Balaban J connectivity index is 1.70. The first-order valence-corrected chi connectivity index (χ1v) is 13.5. The summed E-state index contributed by atoms with van der Waals surface area (Å²) in [4.78, 5) is 11.7. The Kier molecular flexibility index (Phi) is 22.8. The molecule has 0 aliphatic rings. The average Bonchev–Trinajstić information content (AvgIpc) is 2.88. The molecular formula is C28H48O7. The van der Waals surface area contributed by atoms with Crippen molar-refractivity contribution in [3.63, 3.8) is 0 Å². The fourth-order valence-electron chi connectivity index (χ4n) is 3.36. The highest BCUT2D eigenvalue weighted by molar-refractivity contribution is 5.69. The van der Waals surface area contributed by atoms with E-state index >= 15 is 0 Å². The van der Waals surface area contributed by atoms with E-state index in [-0.39, 0.29) is 5.97 Å². The summed E-state index contributed by atoms with van der Waals surface area (Å²) in [6.07, 6.45) is 11.7. The smallest absolute Gasteiger partial charge is 0.305 e. The number of carbonyl (C=O) groups is 1. The zero-order chi connectivity index (χ0) is 25.1. The predicted octanol–water partition coefficient (Wildman–Crippen LogP) is 5.60. The molecule has 0 unspecified atom stereocenters. The van der Waals surface area contributed by atoms with Gasteiger partial charge < -0.3 is 28.4 Å². The second-order valence-electron chi connectivity index (χ2n) is 8.41. The van der Waals surface area contributed by atoms with Crippen molar-refractivity contribution < 1.29 is 33.2 Å². The van der Waals surface area contributed by atoms with E-state index in [1.54, 1.807) is 0 Å². The van der Waals surface area contributed by atoms with Crippen LogP contribution in [0.15, 0.2) is 30.3 Å². The fraction of sp³-hybridized carbons (Fsp3) is 0.750. The van der Waals surface area contributed by atoms with Crippen molar-refractivity contribution in [3.8, 4) is 5.75 Å². The van der Waals surface area contributed by atoms with Gasteiger partial charge in [-0.2, -0.15) is 0 Å². The van der Waals surface area contributed by atoms with Gasteiger partial charge in [-0.1, -0.05) is 76.5 Å². The van der Waals surface area contributed by atoms with Gasteiger partial charge in [-0.05, 0) is 18.6 Å². The Bertz CT molecular complexity index is 568.